The topological polar surface area (TPSA) is 25.8 Å². The molecule has 3 aromatic rings. The zero-order valence-corrected chi connectivity index (χ0v) is 13.1. The average molecular weight is 286 g/mol. The molecular formula is C20H18N2. The van der Waals surface area contributed by atoms with E-state index in [0.29, 0.717) is 0 Å². The van der Waals surface area contributed by atoms with Gasteiger partial charge in [0.1, 0.15) is 0 Å². The molecule has 22 heavy (non-hydrogen) atoms. The van der Waals surface area contributed by atoms with E-state index >= 15 is 0 Å². The van der Waals surface area contributed by atoms with Crippen molar-refractivity contribution in [2.45, 2.75) is 26.2 Å². The summed E-state index contributed by atoms with van der Waals surface area (Å²) in [6.07, 6.45) is 3.62. The fraction of sp³-hybridized carbons (Fsp3) is 0.200. The van der Waals surface area contributed by atoms with Crippen molar-refractivity contribution in [1.29, 1.82) is 0 Å². The van der Waals surface area contributed by atoms with Crippen LogP contribution in [0.3, 0.4) is 0 Å². The molecule has 1 aliphatic carbocycles. The molecule has 2 nitrogen and oxygen atoms in total. The van der Waals surface area contributed by atoms with E-state index in [0.717, 1.165) is 11.4 Å². The number of hydrogen-bond acceptors (Lipinski definition) is 2. The van der Waals surface area contributed by atoms with Gasteiger partial charge in [-0.2, -0.15) is 0 Å². The van der Waals surface area contributed by atoms with Crippen molar-refractivity contribution in [3.8, 4) is 22.5 Å². The van der Waals surface area contributed by atoms with Crippen LogP contribution >= 0.6 is 0 Å². The second-order valence-electron chi connectivity index (χ2n) is 6.42. The van der Waals surface area contributed by atoms with Crippen molar-refractivity contribution >= 4 is 0 Å². The maximum Gasteiger partial charge on any atom is 0.159 e. The van der Waals surface area contributed by atoms with Gasteiger partial charge in [-0.3, -0.25) is 0 Å². The van der Waals surface area contributed by atoms with Gasteiger partial charge in [-0.25, -0.2) is 9.97 Å². The van der Waals surface area contributed by atoms with Crippen LogP contribution in [0.2, 0.25) is 0 Å². The quantitative estimate of drug-likeness (QED) is 0.644. The minimum absolute atomic E-state index is 0.0352. The monoisotopic (exact) mass is 286 g/mol. The lowest BCUT2D eigenvalue weighted by atomic mass is 9.79. The summed E-state index contributed by atoms with van der Waals surface area (Å²) in [4.78, 5) is 8.95. The minimum atomic E-state index is -0.0352. The Hall–Kier alpha value is -2.48. The first-order valence-electron chi connectivity index (χ1n) is 7.62. The highest BCUT2D eigenvalue weighted by molar-refractivity contribution is 5.88. The second-order valence-corrected chi connectivity index (χ2v) is 6.42. The summed E-state index contributed by atoms with van der Waals surface area (Å²) < 4.78 is 0. The predicted octanol–water partition coefficient (Wildman–Crippen LogP) is 4.76. The number of benzene rings is 2. The van der Waals surface area contributed by atoms with Crippen LogP contribution in [0.5, 0.6) is 0 Å². The standard InChI is InChI=1S/C20H18N2/c1-13-9-10-15(19-21-11-6-12-22-19)18-17(13)14-7-4-5-8-16(14)20(18,2)3/h4-12H,1-3H3. The molecule has 2 heteroatoms. The van der Waals surface area contributed by atoms with E-state index < -0.39 is 0 Å². The van der Waals surface area contributed by atoms with Gasteiger partial charge in [-0.1, -0.05) is 50.2 Å². The number of aryl methyl sites for hydroxylation is 1. The van der Waals surface area contributed by atoms with Crippen LogP contribution in [0, 0.1) is 6.92 Å². The lowest BCUT2D eigenvalue weighted by Crippen LogP contribution is -2.16. The van der Waals surface area contributed by atoms with Gasteiger partial charge in [0.15, 0.2) is 5.82 Å². The van der Waals surface area contributed by atoms with Gasteiger partial charge in [-0.05, 0) is 40.8 Å². The van der Waals surface area contributed by atoms with Crippen molar-refractivity contribution in [3.63, 3.8) is 0 Å². The number of aromatic nitrogens is 2. The summed E-state index contributed by atoms with van der Waals surface area (Å²) in [5, 5.41) is 0. The normalized spacial score (nSPS) is 14.5. The molecule has 4 rings (SSSR count). The Bertz CT molecular complexity index is 864. The summed E-state index contributed by atoms with van der Waals surface area (Å²) in [5.41, 5.74) is 7.85. The minimum Gasteiger partial charge on any atom is -0.237 e. The molecular weight excluding hydrogens is 268 g/mol. The van der Waals surface area contributed by atoms with Gasteiger partial charge in [0, 0.05) is 23.4 Å². The molecule has 0 fully saturated rings. The van der Waals surface area contributed by atoms with Crippen LogP contribution in [0.1, 0.15) is 30.5 Å². The van der Waals surface area contributed by atoms with Gasteiger partial charge in [0.2, 0.25) is 0 Å². The average Bonchev–Trinajstić information content (AvgIpc) is 2.79. The number of hydrogen-bond donors (Lipinski definition) is 0. The first kappa shape index (κ1) is 13.2. The third kappa shape index (κ3) is 1.67. The van der Waals surface area contributed by atoms with E-state index in [1.54, 1.807) is 0 Å². The molecule has 0 saturated heterocycles. The molecule has 2 aromatic carbocycles. The van der Waals surface area contributed by atoms with E-state index in [2.05, 4.69) is 67.1 Å². The van der Waals surface area contributed by atoms with Gasteiger partial charge in [0.05, 0.1) is 0 Å². The van der Waals surface area contributed by atoms with Crippen LogP contribution in [-0.4, -0.2) is 9.97 Å². The molecule has 0 aliphatic heterocycles. The smallest absolute Gasteiger partial charge is 0.159 e. The SMILES string of the molecule is Cc1ccc(-c2ncccn2)c2c1-c1ccccc1C2(C)C. The molecule has 0 saturated carbocycles. The zero-order valence-electron chi connectivity index (χ0n) is 13.1. The molecule has 1 aliphatic rings. The van der Waals surface area contributed by atoms with E-state index in [4.69, 9.17) is 0 Å². The fourth-order valence-corrected chi connectivity index (χ4v) is 3.71. The van der Waals surface area contributed by atoms with Crippen LogP contribution in [0.4, 0.5) is 0 Å². The van der Waals surface area contributed by atoms with Crippen molar-refractivity contribution in [2.24, 2.45) is 0 Å². The van der Waals surface area contributed by atoms with Crippen molar-refractivity contribution in [1.82, 2.24) is 9.97 Å². The molecule has 1 heterocycles. The predicted molar refractivity (Wildman–Crippen MR) is 89.8 cm³/mol. The number of rotatable bonds is 1. The molecule has 0 unspecified atom stereocenters. The summed E-state index contributed by atoms with van der Waals surface area (Å²) in [6.45, 7) is 6.78. The van der Waals surface area contributed by atoms with Gasteiger partial charge < -0.3 is 0 Å². The molecule has 0 bridgehead atoms. The van der Waals surface area contributed by atoms with E-state index in [-0.39, 0.29) is 5.41 Å². The number of nitrogens with zero attached hydrogens (tertiary/aromatic N) is 2. The Morgan fingerprint density at radius 1 is 0.818 bits per heavy atom. The third-order valence-electron chi connectivity index (χ3n) is 4.72. The third-order valence-corrected chi connectivity index (χ3v) is 4.72. The maximum absolute atomic E-state index is 4.47. The van der Waals surface area contributed by atoms with Gasteiger partial charge in [-0.15, -0.1) is 0 Å². The maximum atomic E-state index is 4.47. The lowest BCUT2D eigenvalue weighted by Gasteiger charge is -2.24. The van der Waals surface area contributed by atoms with Gasteiger partial charge >= 0.3 is 0 Å². The van der Waals surface area contributed by atoms with Crippen molar-refractivity contribution in [3.05, 3.63) is 71.5 Å². The molecule has 0 radical (unpaired) electrons. The van der Waals surface area contributed by atoms with Gasteiger partial charge in [0.25, 0.3) is 0 Å². The zero-order chi connectivity index (χ0) is 15.3. The molecule has 0 N–H and O–H groups in total. The summed E-state index contributed by atoms with van der Waals surface area (Å²) in [6, 6.07) is 14.9. The van der Waals surface area contributed by atoms with Crippen molar-refractivity contribution < 1.29 is 0 Å². The molecule has 108 valence electrons. The summed E-state index contributed by atoms with van der Waals surface area (Å²) >= 11 is 0. The Labute approximate surface area is 130 Å². The summed E-state index contributed by atoms with van der Waals surface area (Å²) in [7, 11) is 0. The Balaban J connectivity index is 2.10. The van der Waals surface area contributed by atoms with E-state index in [1.165, 1.54) is 27.8 Å². The Morgan fingerprint density at radius 2 is 1.55 bits per heavy atom. The summed E-state index contributed by atoms with van der Waals surface area (Å²) in [5.74, 6) is 0.805. The van der Waals surface area contributed by atoms with Crippen LogP contribution in [-0.2, 0) is 5.41 Å². The Kier molecular flexibility index (Phi) is 2.70. The Morgan fingerprint density at radius 3 is 2.32 bits per heavy atom. The fourth-order valence-electron chi connectivity index (χ4n) is 3.71. The second kappa shape index (κ2) is 4.51. The highest BCUT2D eigenvalue weighted by Gasteiger charge is 2.38. The molecule has 1 aromatic heterocycles. The highest BCUT2D eigenvalue weighted by Crippen LogP contribution is 2.52. The van der Waals surface area contributed by atoms with E-state index in [1.807, 2.05) is 18.5 Å². The molecule has 0 amide bonds. The first-order chi connectivity index (χ1) is 10.6. The largest absolute Gasteiger partial charge is 0.237 e. The number of fused-ring (bicyclic) bond motifs is 3. The molecule has 0 spiro atoms. The van der Waals surface area contributed by atoms with Crippen LogP contribution in [0.15, 0.2) is 54.9 Å². The van der Waals surface area contributed by atoms with E-state index in [9.17, 15) is 0 Å². The van der Waals surface area contributed by atoms with Crippen LogP contribution in [0.25, 0.3) is 22.5 Å². The first-order valence-corrected chi connectivity index (χ1v) is 7.62. The van der Waals surface area contributed by atoms with Crippen LogP contribution < -0.4 is 0 Å². The lowest BCUT2D eigenvalue weighted by molar-refractivity contribution is 0.661. The van der Waals surface area contributed by atoms with Crippen molar-refractivity contribution in [2.75, 3.05) is 0 Å². The molecule has 0 atom stereocenters. The highest BCUT2D eigenvalue weighted by atomic mass is 14.9.